The highest BCUT2D eigenvalue weighted by atomic mass is 32.1. The van der Waals surface area contributed by atoms with Gasteiger partial charge in [-0.2, -0.15) is 0 Å². The SMILES string of the molecule is CC1=c2c(=O)[nH]c(=O)n(C3CC3)c2=C(C)C(c2cc3c(s2)CCC(F)(F)C3O)C1F. The van der Waals surface area contributed by atoms with E-state index in [9.17, 15) is 23.5 Å². The molecule has 0 aromatic carbocycles. The van der Waals surface area contributed by atoms with Gasteiger partial charge in [0.2, 0.25) is 0 Å². The summed E-state index contributed by atoms with van der Waals surface area (Å²) in [6.07, 6.45) is -2.14. The van der Waals surface area contributed by atoms with Crippen LogP contribution in [0.4, 0.5) is 13.2 Å². The maximum atomic E-state index is 15.6. The zero-order chi connectivity index (χ0) is 21.5. The number of aliphatic hydroxyl groups is 1. The summed E-state index contributed by atoms with van der Waals surface area (Å²) in [6, 6.07) is 1.45. The van der Waals surface area contributed by atoms with Gasteiger partial charge in [-0.1, -0.05) is 0 Å². The molecule has 1 fully saturated rings. The molecule has 0 amide bonds. The number of H-pyrrole nitrogens is 1. The molecule has 5 rings (SSSR count). The van der Waals surface area contributed by atoms with E-state index in [4.69, 9.17) is 0 Å². The molecule has 2 N–H and O–H groups in total. The average Bonchev–Trinajstić information content (AvgIpc) is 3.41. The predicted molar refractivity (Wildman–Crippen MR) is 107 cm³/mol. The number of rotatable bonds is 2. The molecule has 1 saturated carbocycles. The van der Waals surface area contributed by atoms with Crippen LogP contribution < -0.4 is 21.8 Å². The fourth-order valence-corrected chi connectivity index (χ4v) is 6.17. The number of aromatic amines is 1. The Hall–Kier alpha value is -2.13. The maximum Gasteiger partial charge on any atom is 0.329 e. The minimum Gasteiger partial charge on any atom is -0.382 e. The summed E-state index contributed by atoms with van der Waals surface area (Å²) in [7, 11) is 0. The highest BCUT2D eigenvalue weighted by molar-refractivity contribution is 7.12. The van der Waals surface area contributed by atoms with E-state index in [-0.39, 0.29) is 28.8 Å². The molecule has 160 valence electrons. The summed E-state index contributed by atoms with van der Waals surface area (Å²) in [5, 5.41) is 10.7. The molecule has 3 aliphatic carbocycles. The van der Waals surface area contributed by atoms with E-state index in [0.29, 0.717) is 20.7 Å². The second-order valence-electron chi connectivity index (χ2n) is 8.52. The lowest BCUT2D eigenvalue weighted by atomic mass is 9.83. The Morgan fingerprint density at radius 3 is 2.60 bits per heavy atom. The monoisotopic (exact) mass is 438 g/mol. The van der Waals surface area contributed by atoms with Crippen LogP contribution in [-0.2, 0) is 6.42 Å². The second-order valence-corrected chi connectivity index (χ2v) is 9.69. The summed E-state index contributed by atoms with van der Waals surface area (Å²) in [5.41, 5.74) is -0.192. The molecular weight excluding hydrogens is 417 g/mol. The summed E-state index contributed by atoms with van der Waals surface area (Å²) < 4.78 is 45.1. The van der Waals surface area contributed by atoms with Crippen molar-refractivity contribution in [1.82, 2.24) is 9.55 Å². The van der Waals surface area contributed by atoms with E-state index in [2.05, 4.69) is 4.98 Å². The maximum absolute atomic E-state index is 15.6. The largest absolute Gasteiger partial charge is 0.382 e. The van der Waals surface area contributed by atoms with Gasteiger partial charge < -0.3 is 5.11 Å². The van der Waals surface area contributed by atoms with Crippen LogP contribution in [0.2, 0.25) is 0 Å². The molecule has 0 spiro atoms. The van der Waals surface area contributed by atoms with Gasteiger partial charge in [-0.05, 0) is 50.3 Å². The lowest BCUT2D eigenvalue weighted by molar-refractivity contribution is -0.121. The van der Waals surface area contributed by atoms with Gasteiger partial charge in [0.05, 0.1) is 16.5 Å². The Kier molecular flexibility index (Phi) is 4.25. The molecule has 0 aliphatic heterocycles. The molecule has 0 saturated heterocycles. The summed E-state index contributed by atoms with van der Waals surface area (Å²) in [5.74, 6) is -4.00. The highest BCUT2D eigenvalue weighted by Crippen LogP contribution is 2.48. The van der Waals surface area contributed by atoms with Crippen molar-refractivity contribution >= 4 is 22.5 Å². The number of aryl methyl sites for hydroxylation is 1. The third kappa shape index (κ3) is 2.71. The number of halogens is 3. The van der Waals surface area contributed by atoms with Crippen LogP contribution in [0.5, 0.6) is 0 Å². The highest BCUT2D eigenvalue weighted by Gasteiger charge is 2.45. The van der Waals surface area contributed by atoms with Crippen LogP contribution in [0.1, 0.15) is 66.5 Å². The van der Waals surface area contributed by atoms with Crippen LogP contribution in [0.25, 0.3) is 11.1 Å². The topological polar surface area (TPSA) is 75.1 Å². The van der Waals surface area contributed by atoms with Crippen LogP contribution in [0.15, 0.2) is 15.7 Å². The Bertz CT molecular complexity index is 1300. The van der Waals surface area contributed by atoms with Crippen molar-refractivity contribution in [2.24, 2.45) is 0 Å². The Morgan fingerprint density at radius 2 is 1.93 bits per heavy atom. The Morgan fingerprint density at radius 1 is 1.23 bits per heavy atom. The van der Waals surface area contributed by atoms with E-state index < -0.39 is 41.8 Å². The number of aromatic nitrogens is 2. The van der Waals surface area contributed by atoms with E-state index in [1.54, 1.807) is 11.5 Å². The number of alkyl halides is 3. The van der Waals surface area contributed by atoms with E-state index in [1.807, 2.05) is 0 Å². The summed E-state index contributed by atoms with van der Waals surface area (Å²) >= 11 is 1.23. The third-order valence-electron chi connectivity index (χ3n) is 6.54. The van der Waals surface area contributed by atoms with Crippen molar-refractivity contribution in [1.29, 1.82) is 0 Å². The number of hydrogen-bond acceptors (Lipinski definition) is 4. The molecule has 3 aliphatic rings. The number of nitrogens with zero attached hydrogens (tertiary/aromatic N) is 1. The molecule has 2 aromatic heterocycles. The van der Waals surface area contributed by atoms with Crippen LogP contribution in [-0.4, -0.2) is 26.8 Å². The molecule has 5 nitrogen and oxygen atoms in total. The summed E-state index contributed by atoms with van der Waals surface area (Å²) in [6.45, 7) is 3.24. The standard InChI is InChI=1S/C21H21F3N2O3S/c1-8-15-17(26(10-3-4-10)20(29)25-19(15)28)9(2)14(16(8)22)13-7-11-12(30-13)5-6-21(23,24)18(11)27/h7,10,14,16,18,27H,3-6H2,1-2H3,(H,25,28,29). The van der Waals surface area contributed by atoms with Crippen LogP contribution >= 0.6 is 11.3 Å². The van der Waals surface area contributed by atoms with Gasteiger partial charge in [-0.25, -0.2) is 18.0 Å². The van der Waals surface area contributed by atoms with Crippen molar-refractivity contribution in [3.05, 3.63) is 52.8 Å². The first-order valence-corrected chi connectivity index (χ1v) is 10.8. The quantitative estimate of drug-likeness (QED) is 0.754. The predicted octanol–water partition coefficient (Wildman–Crippen LogP) is 2.02. The molecule has 3 atom stereocenters. The van der Waals surface area contributed by atoms with E-state index >= 15 is 4.39 Å². The number of hydrogen-bond donors (Lipinski definition) is 2. The first-order valence-electron chi connectivity index (χ1n) is 10.0. The van der Waals surface area contributed by atoms with Crippen LogP contribution in [0.3, 0.4) is 0 Å². The second kappa shape index (κ2) is 6.43. The Labute approximate surface area is 173 Å². The van der Waals surface area contributed by atoms with Gasteiger partial charge in [-0.15, -0.1) is 11.3 Å². The van der Waals surface area contributed by atoms with Gasteiger partial charge in [0.25, 0.3) is 11.5 Å². The normalized spacial score (nSPS) is 27.7. The van der Waals surface area contributed by atoms with Gasteiger partial charge in [0, 0.05) is 27.8 Å². The van der Waals surface area contributed by atoms with Gasteiger partial charge in [-0.3, -0.25) is 14.3 Å². The zero-order valence-corrected chi connectivity index (χ0v) is 17.3. The van der Waals surface area contributed by atoms with Crippen LogP contribution in [0, 0.1) is 0 Å². The fraction of sp³-hybridized carbons (Fsp3) is 0.524. The number of thiophene rings is 1. The number of nitrogens with one attached hydrogen (secondary N) is 1. The average molecular weight is 438 g/mol. The van der Waals surface area contributed by atoms with E-state index in [0.717, 1.165) is 12.8 Å². The van der Waals surface area contributed by atoms with Crippen molar-refractivity contribution in [3.63, 3.8) is 0 Å². The van der Waals surface area contributed by atoms with Crippen molar-refractivity contribution < 1.29 is 18.3 Å². The minimum absolute atomic E-state index is 0.0280. The molecule has 0 radical (unpaired) electrons. The zero-order valence-electron chi connectivity index (χ0n) is 16.5. The van der Waals surface area contributed by atoms with Gasteiger partial charge in [0.1, 0.15) is 12.3 Å². The first kappa shape index (κ1) is 19.8. The Balaban J connectivity index is 1.76. The minimum atomic E-state index is -3.21. The lowest BCUT2D eigenvalue weighted by Crippen LogP contribution is -2.58. The van der Waals surface area contributed by atoms with Gasteiger partial charge in [0.15, 0.2) is 0 Å². The molecule has 2 aromatic rings. The molecule has 9 heteroatoms. The molecule has 3 unspecified atom stereocenters. The summed E-state index contributed by atoms with van der Waals surface area (Å²) in [4.78, 5) is 28.5. The molecule has 30 heavy (non-hydrogen) atoms. The molecular formula is C21H21F3N2O3S. The first-order chi connectivity index (χ1) is 14.1. The van der Waals surface area contributed by atoms with Crippen molar-refractivity contribution in [2.75, 3.05) is 0 Å². The molecule has 2 heterocycles. The van der Waals surface area contributed by atoms with E-state index in [1.165, 1.54) is 24.3 Å². The fourth-order valence-electron chi connectivity index (χ4n) is 4.78. The smallest absolute Gasteiger partial charge is 0.329 e. The van der Waals surface area contributed by atoms with Gasteiger partial charge >= 0.3 is 5.69 Å². The number of aliphatic hydroxyl groups excluding tert-OH is 1. The van der Waals surface area contributed by atoms with Crippen molar-refractivity contribution in [3.8, 4) is 0 Å². The number of fused-ring (bicyclic) bond motifs is 2. The molecule has 0 bridgehead atoms. The third-order valence-corrected chi connectivity index (χ3v) is 7.84. The van der Waals surface area contributed by atoms with Crippen molar-refractivity contribution in [2.45, 2.75) is 69.7 Å². The lowest BCUT2D eigenvalue weighted by Gasteiger charge is -2.27.